The van der Waals surface area contributed by atoms with E-state index in [4.69, 9.17) is 14.2 Å². The van der Waals surface area contributed by atoms with Gasteiger partial charge in [-0.1, -0.05) is 18.2 Å². The van der Waals surface area contributed by atoms with Gasteiger partial charge < -0.3 is 24.8 Å². The lowest BCUT2D eigenvalue weighted by atomic mass is 10.2. The molecule has 6 nitrogen and oxygen atoms in total. The number of halogens is 1. The lowest BCUT2D eigenvalue weighted by Crippen LogP contribution is -2.39. The summed E-state index contributed by atoms with van der Waals surface area (Å²) in [7, 11) is 0. The van der Waals surface area contributed by atoms with Crippen molar-refractivity contribution in [2.45, 2.75) is 45.8 Å². The van der Waals surface area contributed by atoms with E-state index in [0.717, 1.165) is 63.0 Å². The van der Waals surface area contributed by atoms with E-state index in [0.29, 0.717) is 6.54 Å². The van der Waals surface area contributed by atoms with Crippen molar-refractivity contribution < 1.29 is 14.2 Å². The second kappa shape index (κ2) is 14.0. The van der Waals surface area contributed by atoms with Crippen molar-refractivity contribution in [3.8, 4) is 5.75 Å². The number of aryl methyl sites for hydroxylation is 1. The predicted octanol–water partition coefficient (Wildman–Crippen LogP) is 3.13. The molecular weight excluding hydrogens is 457 g/mol. The topological polar surface area (TPSA) is 64.1 Å². The van der Waals surface area contributed by atoms with E-state index in [-0.39, 0.29) is 36.2 Å². The number of nitrogens with zero attached hydrogens (tertiary/aromatic N) is 1. The Morgan fingerprint density at radius 2 is 2.15 bits per heavy atom. The summed E-state index contributed by atoms with van der Waals surface area (Å²) < 4.78 is 17.1. The number of guanidine groups is 1. The molecule has 2 unspecified atom stereocenters. The van der Waals surface area contributed by atoms with E-state index >= 15 is 0 Å². The van der Waals surface area contributed by atoms with Gasteiger partial charge >= 0.3 is 0 Å². The summed E-state index contributed by atoms with van der Waals surface area (Å²) in [5.74, 6) is 1.73. The Morgan fingerprint density at radius 3 is 2.85 bits per heavy atom. The van der Waals surface area contributed by atoms with E-state index in [1.807, 2.05) is 25.1 Å². The van der Waals surface area contributed by atoms with E-state index in [9.17, 15) is 0 Å². The molecule has 2 atom stereocenters. The van der Waals surface area contributed by atoms with Crippen molar-refractivity contribution >= 4 is 29.9 Å². The van der Waals surface area contributed by atoms with Crippen LogP contribution in [0.2, 0.25) is 0 Å². The fourth-order valence-corrected chi connectivity index (χ4v) is 2.68. The maximum absolute atomic E-state index is 5.98. The van der Waals surface area contributed by atoms with Crippen LogP contribution in [-0.4, -0.2) is 57.6 Å². The summed E-state index contributed by atoms with van der Waals surface area (Å²) in [6, 6.07) is 8.05. The minimum Gasteiger partial charge on any atom is -0.489 e. The van der Waals surface area contributed by atoms with Crippen LogP contribution >= 0.6 is 24.0 Å². The summed E-state index contributed by atoms with van der Waals surface area (Å²) in [5.41, 5.74) is 1.14. The van der Waals surface area contributed by atoms with Gasteiger partial charge in [0.25, 0.3) is 0 Å². The SMILES string of the molecule is CCNC(=NCC(C)Oc1ccccc1C)NCCCOC1CCOC1.I. The Kier molecular flexibility index (Phi) is 12.4. The summed E-state index contributed by atoms with van der Waals surface area (Å²) in [6.45, 7) is 10.7. The largest absolute Gasteiger partial charge is 0.489 e. The number of rotatable bonds is 10. The van der Waals surface area contributed by atoms with Crippen LogP contribution in [0.4, 0.5) is 0 Å². The zero-order valence-electron chi connectivity index (χ0n) is 16.7. The molecule has 154 valence electrons. The van der Waals surface area contributed by atoms with Crippen LogP contribution in [0.1, 0.15) is 32.3 Å². The second-order valence-corrected chi connectivity index (χ2v) is 6.55. The Balaban J connectivity index is 0.00000364. The first-order valence-corrected chi connectivity index (χ1v) is 9.63. The summed E-state index contributed by atoms with van der Waals surface area (Å²) in [5, 5.41) is 6.62. The van der Waals surface area contributed by atoms with Gasteiger partial charge in [0.1, 0.15) is 11.9 Å². The van der Waals surface area contributed by atoms with Crippen LogP contribution in [0.15, 0.2) is 29.3 Å². The molecule has 0 spiro atoms. The van der Waals surface area contributed by atoms with Crippen molar-refractivity contribution in [2.24, 2.45) is 4.99 Å². The van der Waals surface area contributed by atoms with Crippen molar-refractivity contribution in [3.63, 3.8) is 0 Å². The molecule has 1 aromatic rings. The van der Waals surface area contributed by atoms with Crippen LogP contribution in [0.3, 0.4) is 0 Å². The molecule has 0 aromatic heterocycles. The fourth-order valence-electron chi connectivity index (χ4n) is 2.68. The van der Waals surface area contributed by atoms with E-state index in [1.54, 1.807) is 0 Å². The van der Waals surface area contributed by atoms with E-state index in [2.05, 4.69) is 35.5 Å². The molecule has 2 N–H and O–H groups in total. The molecule has 0 radical (unpaired) electrons. The second-order valence-electron chi connectivity index (χ2n) is 6.55. The number of para-hydroxylation sites is 1. The number of hydrogen-bond acceptors (Lipinski definition) is 4. The molecule has 7 heteroatoms. The normalized spacial score (nSPS) is 17.9. The molecular formula is C20H34IN3O3. The van der Waals surface area contributed by atoms with Crippen LogP contribution in [0.5, 0.6) is 5.75 Å². The monoisotopic (exact) mass is 491 g/mol. The Labute approximate surface area is 180 Å². The smallest absolute Gasteiger partial charge is 0.191 e. The van der Waals surface area contributed by atoms with Gasteiger partial charge in [-0.05, 0) is 45.2 Å². The predicted molar refractivity (Wildman–Crippen MR) is 120 cm³/mol. The number of hydrogen-bond donors (Lipinski definition) is 2. The molecule has 1 aliphatic rings. The summed E-state index contributed by atoms with van der Waals surface area (Å²) in [6.07, 6.45) is 2.24. The summed E-state index contributed by atoms with van der Waals surface area (Å²) >= 11 is 0. The number of ether oxygens (including phenoxy) is 3. The number of nitrogens with one attached hydrogen (secondary N) is 2. The molecule has 0 bridgehead atoms. The van der Waals surface area contributed by atoms with Crippen molar-refractivity contribution in [3.05, 3.63) is 29.8 Å². The minimum absolute atomic E-state index is 0. The average molecular weight is 491 g/mol. The third-order valence-electron chi connectivity index (χ3n) is 4.13. The van der Waals surface area contributed by atoms with Gasteiger partial charge in [-0.3, -0.25) is 0 Å². The lowest BCUT2D eigenvalue weighted by molar-refractivity contribution is 0.0420. The maximum atomic E-state index is 5.98. The molecule has 1 saturated heterocycles. The van der Waals surface area contributed by atoms with Crippen LogP contribution < -0.4 is 15.4 Å². The van der Waals surface area contributed by atoms with Gasteiger partial charge in [0, 0.05) is 26.3 Å². The molecule has 1 aliphatic heterocycles. The first-order chi connectivity index (χ1) is 12.7. The highest BCUT2D eigenvalue weighted by molar-refractivity contribution is 14.0. The minimum atomic E-state index is 0. The zero-order chi connectivity index (χ0) is 18.6. The van der Waals surface area contributed by atoms with E-state index in [1.165, 1.54) is 0 Å². The molecule has 27 heavy (non-hydrogen) atoms. The molecule has 1 fully saturated rings. The third-order valence-corrected chi connectivity index (χ3v) is 4.13. The Hall–Kier alpha value is -1.06. The van der Waals surface area contributed by atoms with Gasteiger partial charge in [-0.15, -0.1) is 24.0 Å². The van der Waals surface area contributed by atoms with E-state index < -0.39 is 0 Å². The van der Waals surface area contributed by atoms with Crippen molar-refractivity contribution in [2.75, 3.05) is 39.5 Å². The highest BCUT2D eigenvalue weighted by Gasteiger charge is 2.15. The zero-order valence-corrected chi connectivity index (χ0v) is 19.0. The van der Waals surface area contributed by atoms with Crippen LogP contribution in [0, 0.1) is 6.92 Å². The molecule has 1 heterocycles. The first-order valence-electron chi connectivity index (χ1n) is 9.63. The van der Waals surface area contributed by atoms with Gasteiger partial charge in [0.05, 0.1) is 19.3 Å². The van der Waals surface area contributed by atoms with Gasteiger partial charge in [0.2, 0.25) is 0 Å². The van der Waals surface area contributed by atoms with Gasteiger partial charge in [-0.25, -0.2) is 4.99 Å². The Morgan fingerprint density at radius 1 is 1.33 bits per heavy atom. The van der Waals surface area contributed by atoms with Crippen LogP contribution in [0.25, 0.3) is 0 Å². The fraction of sp³-hybridized carbons (Fsp3) is 0.650. The van der Waals surface area contributed by atoms with Gasteiger partial charge in [-0.2, -0.15) is 0 Å². The number of aliphatic imine (C=N–C) groups is 1. The Bertz CT molecular complexity index is 551. The van der Waals surface area contributed by atoms with Gasteiger partial charge in [0.15, 0.2) is 5.96 Å². The molecule has 0 amide bonds. The highest BCUT2D eigenvalue weighted by Crippen LogP contribution is 2.17. The lowest BCUT2D eigenvalue weighted by Gasteiger charge is -2.16. The molecule has 2 rings (SSSR count). The summed E-state index contributed by atoms with van der Waals surface area (Å²) in [4.78, 5) is 4.62. The third kappa shape index (κ3) is 9.62. The first kappa shape index (κ1) is 24.0. The standard InChI is InChI=1S/C20H33N3O3.HI/c1-4-21-20(22-11-7-12-25-18-10-13-24-15-18)23-14-17(3)26-19-9-6-5-8-16(19)2;/h5-6,8-9,17-18H,4,7,10-15H2,1-3H3,(H2,21,22,23);1H. The van der Waals surface area contributed by atoms with Crippen LogP contribution in [-0.2, 0) is 9.47 Å². The van der Waals surface area contributed by atoms with Crippen molar-refractivity contribution in [1.29, 1.82) is 0 Å². The maximum Gasteiger partial charge on any atom is 0.191 e. The number of benzene rings is 1. The van der Waals surface area contributed by atoms with Crippen molar-refractivity contribution in [1.82, 2.24) is 10.6 Å². The highest BCUT2D eigenvalue weighted by atomic mass is 127. The quantitative estimate of drug-likeness (QED) is 0.228. The molecule has 0 saturated carbocycles. The average Bonchev–Trinajstić information content (AvgIpc) is 3.15. The molecule has 0 aliphatic carbocycles. The molecule has 1 aromatic carbocycles.